The number of carbonyl (C=O) groups is 4. The summed E-state index contributed by atoms with van der Waals surface area (Å²) in [6.45, 7) is 0.792. The van der Waals surface area contributed by atoms with Crippen LogP contribution in [0.5, 0.6) is 5.75 Å². The molecule has 2 aliphatic rings. The van der Waals surface area contributed by atoms with E-state index in [0.717, 1.165) is 12.8 Å². The molecule has 0 saturated heterocycles. The second-order valence-electron chi connectivity index (χ2n) is 6.90. The van der Waals surface area contributed by atoms with Gasteiger partial charge in [0.1, 0.15) is 5.75 Å². The molecule has 1 aliphatic heterocycles. The molecule has 1 atom stereocenters. The standard InChI is InChI=1S/C19H23N3O6/c1-12(23)22-9-16(28-15-6-4-3-5-14(15)22)19(26)27-11-18(25)21(2)10-17(24)20-13-7-8-13/h3-6,13,16H,7-11H2,1-2H3,(H,20,24)/t16-/m0/s1. The summed E-state index contributed by atoms with van der Waals surface area (Å²) in [5.41, 5.74) is 0.580. The van der Waals surface area contributed by atoms with E-state index >= 15 is 0 Å². The molecule has 1 N–H and O–H groups in total. The van der Waals surface area contributed by atoms with Crippen LogP contribution in [0.1, 0.15) is 19.8 Å². The van der Waals surface area contributed by atoms with Gasteiger partial charge in [0.15, 0.2) is 6.61 Å². The van der Waals surface area contributed by atoms with Crippen molar-refractivity contribution in [3.05, 3.63) is 24.3 Å². The van der Waals surface area contributed by atoms with Crippen molar-refractivity contribution >= 4 is 29.4 Å². The van der Waals surface area contributed by atoms with Crippen LogP contribution in [0.4, 0.5) is 5.69 Å². The summed E-state index contributed by atoms with van der Waals surface area (Å²) >= 11 is 0. The summed E-state index contributed by atoms with van der Waals surface area (Å²) in [5.74, 6) is -1.32. The lowest BCUT2D eigenvalue weighted by Gasteiger charge is -2.33. The molecule has 1 aliphatic carbocycles. The van der Waals surface area contributed by atoms with Crippen LogP contribution in [0.2, 0.25) is 0 Å². The molecule has 1 heterocycles. The fourth-order valence-electron chi connectivity index (χ4n) is 2.80. The van der Waals surface area contributed by atoms with Crippen molar-refractivity contribution < 1.29 is 28.7 Å². The molecule has 0 spiro atoms. The lowest BCUT2D eigenvalue weighted by atomic mass is 10.2. The van der Waals surface area contributed by atoms with Gasteiger partial charge in [-0.15, -0.1) is 0 Å². The minimum absolute atomic E-state index is 0.000988. The quantitative estimate of drug-likeness (QED) is 0.691. The highest BCUT2D eigenvalue weighted by atomic mass is 16.6. The van der Waals surface area contributed by atoms with Crippen LogP contribution in [0.15, 0.2) is 24.3 Å². The molecule has 3 amide bonds. The molecule has 9 heteroatoms. The largest absolute Gasteiger partial charge is 0.475 e. The molecule has 28 heavy (non-hydrogen) atoms. The van der Waals surface area contributed by atoms with E-state index in [2.05, 4.69) is 5.32 Å². The summed E-state index contributed by atoms with van der Waals surface area (Å²) in [6, 6.07) is 7.09. The zero-order valence-corrected chi connectivity index (χ0v) is 15.8. The summed E-state index contributed by atoms with van der Waals surface area (Å²) in [7, 11) is 1.47. The third-order valence-electron chi connectivity index (χ3n) is 4.50. The molecule has 1 aromatic carbocycles. The van der Waals surface area contributed by atoms with Crippen LogP contribution in [0, 0.1) is 0 Å². The average Bonchev–Trinajstić information content (AvgIpc) is 3.48. The van der Waals surface area contributed by atoms with Gasteiger partial charge >= 0.3 is 5.97 Å². The number of hydrogen-bond donors (Lipinski definition) is 1. The maximum atomic E-state index is 12.3. The van der Waals surface area contributed by atoms with E-state index in [-0.39, 0.29) is 30.9 Å². The topological polar surface area (TPSA) is 105 Å². The van der Waals surface area contributed by atoms with Gasteiger partial charge in [-0.3, -0.25) is 14.4 Å². The Hall–Kier alpha value is -3.10. The SMILES string of the molecule is CC(=O)N1C[C@@H](C(=O)OCC(=O)N(C)CC(=O)NC2CC2)Oc2ccccc21. The van der Waals surface area contributed by atoms with Crippen molar-refractivity contribution in [3.63, 3.8) is 0 Å². The lowest BCUT2D eigenvalue weighted by Crippen LogP contribution is -2.48. The maximum absolute atomic E-state index is 12.3. The first-order chi connectivity index (χ1) is 13.3. The molecule has 1 aromatic rings. The number of nitrogens with one attached hydrogen (secondary N) is 1. The summed E-state index contributed by atoms with van der Waals surface area (Å²) < 4.78 is 10.7. The van der Waals surface area contributed by atoms with Crippen molar-refractivity contribution in [1.82, 2.24) is 10.2 Å². The number of carbonyl (C=O) groups excluding carboxylic acids is 4. The number of benzene rings is 1. The van der Waals surface area contributed by atoms with Crippen molar-refractivity contribution in [1.29, 1.82) is 0 Å². The first kappa shape index (κ1) is 19.7. The number of esters is 1. The molecule has 0 unspecified atom stereocenters. The molecular weight excluding hydrogens is 366 g/mol. The van der Waals surface area contributed by atoms with Gasteiger partial charge in [0.05, 0.1) is 18.8 Å². The lowest BCUT2D eigenvalue weighted by molar-refractivity contribution is -0.157. The first-order valence-electron chi connectivity index (χ1n) is 9.09. The van der Waals surface area contributed by atoms with E-state index in [1.807, 2.05) is 0 Å². The predicted molar refractivity (Wildman–Crippen MR) is 98.6 cm³/mol. The highest BCUT2D eigenvalue weighted by Crippen LogP contribution is 2.33. The zero-order chi connectivity index (χ0) is 20.3. The van der Waals surface area contributed by atoms with E-state index in [9.17, 15) is 19.2 Å². The fraction of sp³-hybridized carbons (Fsp3) is 0.474. The minimum Gasteiger partial charge on any atom is -0.475 e. The van der Waals surface area contributed by atoms with Crippen LogP contribution in [-0.2, 0) is 23.9 Å². The number of nitrogens with zero attached hydrogens (tertiary/aromatic N) is 2. The number of hydrogen-bond acceptors (Lipinski definition) is 6. The van der Waals surface area contributed by atoms with E-state index in [0.29, 0.717) is 11.4 Å². The van der Waals surface area contributed by atoms with Crippen LogP contribution in [0.3, 0.4) is 0 Å². The van der Waals surface area contributed by atoms with Gasteiger partial charge in [-0.25, -0.2) is 4.79 Å². The van der Waals surface area contributed by atoms with Gasteiger partial charge in [-0.1, -0.05) is 12.1 Å². The van der Waals surface area contributed by atoms with Crippen LogP contribution < -0.4 is 15.0 Å². The zero-order valence-electron chi connectivity index (χ0n) is 15.8. The van der Waals surface area contributed by atoms with Crippen molar-refractivity contribution in [3.8, 4) is 5.75 Å². The molecular formula is C19H23N3O6. The third-order valence-corrected chi connectivity index (χ3v) is 4.50. The van der Waals surface area contributed by atoms with Crippen LogP contribution in [-0.4, -0.2) is 67.5 Å². The Morgan fingerprint density at radius 2 is 1.96 bits per heavy atom. The van der Waals surface area contributed by atoms with Crippen LogP contribution in [0.25, 0.3) is 0 Å². The third kappa shape index (κ3) is 4.79. The Bertz CT molecular complexity index is 792. The van der Waals surface area contributed by atoms with E-state index in [1.165, 1.54) is 23.8 Å². The van der Waals surface area contributed by atoms with Crippen molar-refractivity contribution in [2.75, 3.05) is 31.6 Å². The van der Waals surface area contributed by atoms with E-state index in [4.69, 9.17) is 9.47 Å². The van der Waals surface area contributed by atoms with E-state index in [1.54, 1.807) is 24.3 Å². The maximum Gasteiger partial charge on any atom is 0.349 e. The fourth-order valence-corrected chi connectivity index (χ4v) is 2.80. The number of para-hydroxylation sites is 2. The Kier molecular flexibility index (Phi) is 5.81. The van der Waals surface area contributed by atoms with Gasteiger partial charge in [-0.2, -0.15) is 0 Å². The Labute approximate surface area is 162 Å². The molecule has 1 fully saturated rings. The molecule has 1 saturated carbocycles. The minimum atomic E-state index is -1.03. The second kappa shape index (κ2) is 8.28. The number of likely N-dealkylation sites (N-methyl/N-ethyl adjacent to an activating group) is 1. The number of ether oxygens (including phenoxy) is 2. The average molecular weight is 389 g/mol. The molecule has 150 valence electrons. The summed E-state index contributed by atoms with van der Waals surface area (Å²) in [5, 5.41) is 2.78. The normalized spacial score (nSPS) is 17.8. The Morgan fingerprint density at radius 3 is 2.64 bits per heavy atom. The monoisotopic (exact) mass is 389 g/mol. The van der Waals surface area contributed by atoms with E-state index < -0.39 is 24.6 Å². The Balaban J connectivity index is 1.52. The summed E-state index contributed by atoms with van der Waals surface area (Å²) in [4.78, 5) is 50.7. The van der Waals surface area contributed by atoms with Gasteiger partial charge in [-0.05, 0) is 25.0 Å². The highest BCUT2D eigenvalue weighted by Gasteiger charge is 2.34. The molecule has 3 rings (SSSR count). The number of amides is 3. The number of fused-ring (bicyclic) bond motifs is 1. The van der Waals surface area contributed by atoms with Crippen LogP contribution >= 0.6 is 0 Å². The second-order valence-corrected chi connectivity index (χ2v) is 6.90. The van der Waals surface area contributed by atoms with Gasteiger partial charge in [0.2, 0.25) is 17.9 Å². The molecule has 0 bridgehead atoms. The first-order valence-corrected chi connectivity index (χ1v) is 9.09. The van der Waals surface area contributed by atoms with Crippen molar-refractivity contribution in [2.24, 2.45) is 0 Å². The molecule has 9 nitrogen and oxygen atoms in total. The highest BCUT2D eigenvalue weighted by molar-refractivity contribution is 5.95. The summed E-state index contributed by atoms with van der Waals surface area (Å²) in [6.07, 6.45) is 0.890. The molecule has 0 aromatic heterocycles. The van der Waals surface area contributed by atoms with Gasteiger partial charge in [0.25, 0.3) is 5.91 Å². The Morgan fingerprint density at radius 1 is 1.25 bits per heavy atom. The van der Waals surface area contributed by atoms with Gasteiger partial charge < -0.3 is 24.6 Å². The number of anilines is 1. The van der Waals surface area contributed by atoms with Gasteiger partial charge in [0, 0.05) is 20.0 Å². The van der Waals surface area contributed by atoms with Crippen molar-refractivity contribution in [2.45, 2.75) is 31.9 Å². The smallest absolute Gasteiger partial charge is 0.349 e. The molecule has 0 radical (unpaired) electrons. The predicted octanol–water partition coefficient (Wildman–Crippen LogP) is 0.0807. The number of rotatable bonds is 6.